The van der Waals surface area contributed by atoms with Crippen molar-refractivity contribution >= 4 is 6.09 Å². The molecule has 16 heavy (non-hydrogen) atoms. The van der Waals surface area contributed by atoms with Crippen LogP contribution in [-0.4, -0.2) is 29.2 Å². The molecule has 1 unspecified atom stereocenters. The molecule has 0 aromatic carbocycles. The Morgan fingerprint density at radius 2 is 2.06 bits per heavy atom. The first-order valence-corrected chi connectivity index (χ1v) is 5.68. The summed E-state index contributed by atoms with van der Waals surface area (Å²) >= 11 is 0. The lowest BCUT2D eigenvalue weighted by Crippen LogP contribution is -2.42. The SMILES string of the molecule is CCN(C(=O)OC(C)(C)C)C(C)CCC#N. The molecule has 4 heteroatoms. The second-order valence-corrected chi connectivity index (χ2v) is 4.81. The van der Waals surface area contributed by atoms with E-state index >= 15 is 0 Å². The topological polar surface area (TPSA) is 53.3 Å². The van der Waals surface area contributed by atoms with Gasteiger partial charge < -0.3 is 9.64 Å². The van der Waals surface area contributed by atoms with Gasteiger partial charge in [0.25, 0.3) is 0 Å². The first kappa shape index (κ1) is 14.8. The van der Waals surface area contributed by atoms with Gasteiger partial charge >= 0.3 is 6.09 Å². The van der Waals surface area contributed by atoms with Crippen molar-refractivity contribution < 1.29 is 9.53 Å². The summed E-state index contributed by atoms with van der Waals surface area (Å²) < 4.78 is 5.30. The number of hydrogen-bond acceptors (Lipinski definition) is 3. The number of ether oxygens (including phenoxy) is 1. The number of rotatable bonds is 4. The van der Waals surface area contributed by atoms with Crippen LogP contribution in [0, 0.1) is 11.3 Å². The predicted octanol–water partition coefficient (Wildman–Crippen LogP) is 2.94. The Balaban J connectivity index is 4.37. The van der Waals surface area contributed by atoms with Gasteiger partial charge in [0.2, 0.25) is 0 Å². The first-order chi connectivity index (χ1) is 7.31. The minimum absolute atomic E-state index is 0.0412. The number of nitriles is 1. The van der Waals surface area contributed by atoms with E-state index in [1.54, 1.807) is 4.90 Å². The maximum Gasteiger partial charge on any atom is 0.410 e. The molecule has 0 aliphatic rings. The van der Waals surface area contributed by atoms with Crippen LogP contribution in [0.4, 0.5) is 4.79 Å². The fourth-order valence-electron chi connectivity index (χ4n) is 1.37. The van der Waals surface area contributed by atoms with Crippen LogP contribution >= 0.6 is 0 Å². The molecule has 0 heterocycles. The molecule has 0 aromatic rings. The van der Waals surface area contributed by atoms with Crippen LogP contribution in [0.5, 0.6) is 0 Å². The van der Waals surface area contributed by atoms with Gasteiger partial charge in [-0.05, 0) is 41.0 Å². The average Bonchev–Trinajstić information content (AvgIpc) is 2.12. The monoisotopic (exact) mass is 226 g/mol. The normalized spacial score (nSPS) is 12.8. The van der Waals surface area contributed by atoms with Crippen molar-refractivity contribution in [2.45, 2.75) is 59.1 Å². The third-order valence-corrected chi connectivity index (χ3v) is 2.17. The highest BCUT2D eigenvalue weighted by molar-refractivity contribution is 5.68. The molecule has 0 bridgehead atoms. The molecule has 0 aliphatic heterocycles. The summed E-state index contributed by atoms with van der Waals surface area (Å²) in [6.07, 6.45) is 0.838. The molecule has 1 amide bonds. The Labute approximate surface area is 98.2 Å². The summed E-state index contributed by atoms with van der Waals surface area (Å²) in [4.78, 5) is 13.5. The summed E-state index contributed by atoms with van der Waals surface area (Å²) in [6.45, 7) is 9.98. The van der Waals surface area contributed by atoms with Gasteiger partial charge in [-0.2, -0.15) is 5.26 Å². The Kier molecular flexibility index (Phi) is 5.87. The molecular weight excluding hydrogens is 204 g/mol. The van der Waals surface area contributed by atoms with E-state index in [1.165, 1.54) is 0 Å². The number of carbonyl (C=O) groups is 1. The Morgan fingerprint density at radius 3 is 2.44 bits per heavy atom. The lowest BCUT2D eigenvalue weighted by molar-refractivity contribution is 0.0182. The lowest BCUT2D eigenvalue weighted by atomic mass is 10.1. The largest absolute Gasteiger partial charge is 0.444 e. The molecule has 0 aromatic heterocycles. The Hall–Kier alpha value is -1.24. The Morgan fingerprint density at radius 1 is 1.50 bits per heavy atom. The number of nitrogens with zero attached hydrogens (tertiary/aromatic N) is 2. The summed E-state index contributed by atoms with van der Waals surface area (Å²) in [5, 5.41) is 8.51. The molecular formula is C12H22N2O2. The highest BCUT2D eigenvalue weighted by Gasteiger charge is 2.24. The van der Waals surface area contributed by atoms with Crippen molar-refractivity contribution in [1.29, 1.82) is 5.26 Å². The summed E-state index contributed by atoms with van der Waals surface area (Å²) in [5.41, 5.74) is -0.473. The van der Waals surface area contributed by atoms with Crippen molar-refractivity contribution in [2.75, 3.05) is 6.54 Å². The van der Waals surface area contributed by atoms with E-state index < -0.39 is 5.60 Å². The summed E-state index contributed by atoms with van der Waals surface area (Å²) in [7, 11) is 0. The second kappa shape index (κ2) is 6.37. The van der Waals surface area contributed by atoms with E-state index in [9.17, 15) is 4.79 Å². The highest BCUT2D eigenvalue weighted by Crippen LogP contribution is 2.13. The van der Waals surface area contributed by atoms with Crippen LogP contribution in [0.1, 0.15) is 47.5 Å². The van der Waals surface area contributed by atoms with Crippen LogP contribution in [0.25, 0.3) is 0 Å². The molecule has 0 spiro atoms. The maximum absolute atomic E-state index is 11.8. The maximum atomic E-state index is 11.8. The average molecular weight is 226 g/mol. The van der Waals surface area contributed by atoms with E-state index in [0.717, 1.165) is 0 Å². The van der Waals surface area contributed by atoms with E-state index in [2.05, 4.69) is 6.07 Å². The minimum atomic E-state index is -0.473. The van der Waals surface area contributed by atoms with Gasteiger partial charge in [0.1, 0.15) is 5.60 Å². The van der Waals surface area contributed by atoms with Crippen LogP contribution in [0.3, 0.4) is 0 Å². The van der Waals surface area contributed by atoms with Crippen molar-refractivity contribution in [2.24, 2.45) is 0 Å². The molecule has 0 saturated heterocycles. The van der Waals surface area contributed by atoms with E-state index in [0.29, 0.717) is 19.4 Å². The highest BCUT2D eigenvalue weighted by atomic mass is 16.6. The lowest BCUT2D eigenvalue weighted by Gasteiger charge is -2.30. The van der Waals surface area contributed by atoms with Gasteiger partial charge in [-0.3, -0.25) is 0 Å². The fourth-order valence-corrected chi connectivity index (χ4v) is 1.37. The van der Waals surface area contributed by atoms with Gasteiger partial charge in [-0.15, -0.1) is 0 Å². The molecule has 4 nitrogen and oxygen atoms in total. The second-order valence-electron chi connectivity index (χ2n) is 4.81. The minimum Gasteiger partial charge on any atom is -0.444 e. The zero-order valence-electron chi connectivity index (χ0n) is 10.9. The van der Waals surface area contributed by atoms with Crippen molar-refractivity contribution in [3.63, 3.8) is 0 Å². The standard InChI is InChI=1S/C12H22N2O2/c1-6-14(10(2)8-7-9-13)11(15)16-12(3,4)5/h10H,6-8H2,1-5H3. The molecule has 0 aliphatic carbocycles. The van der Waals surface area contributed by atoms with Crippen molar-refractivity contribution in [3.05, 3.63) is 0 Å². The van der Waals surface area contributed by atoms with Crippen molar-refractivity contribution in [3.8, 4) is 6.07 Å². The first-order valence-electron chi connectivity index (χ1n) is 5.68. The van der Waals surface area contributed by atoms with Crippen LogP contribution in [0.15, 0.2) is 0 Å². The zero-order valence-corrected chi connectivity index (χ0v) is 10.9. The van der Waals surface area contributed by atoms with Gasteiger partial charge in [0.15, 0.2) is 0 Å². The molecule has 0 N–H and O–H groups in total. The smallest absolute Gasteiger partial charge is 0.410 e. The number of carbonyl (C=O) groups excluding carboxylic acids is 1. The molecule has 0 saturated carbocycles. The van der Waals surface area contributed by atoms with E-state index in [-0.39, 0.29) is 12.1 Å². The van der Waals surface area contributed by atoms with Gasteiger partial charge in [-0.25, -0.2) is 4.79 Å². The van der Waals surface area contributed by atoms with E-state index in [1.807, 2.05) is 34.6 Å². The van der Waals surface area contributed by atoms with Crippen LogP contribution < -0.4 is 0 Å². The molecule has 0 radical (unpaired) electrons. The third kappa shape index (κ3) is 5.59. The van der Waals surface area contributed by atoms with Gasteiger partial charge in [0, 0.05) is 19.0 Å². The number of amides is 1. The quantitative estimate of drug-likeness (QED) is 0.740. The molecule has 0 fully saturated rings. The van der Waals surface area contributed by atoms with Gasteiger partial charge in [-0.1, -0.05) is 0 Å². The Bertz CT molecular complexity index is 263. The van der Waals surface area contributed by atoms with Gasteiger partial charge in [0.05, 0.1) is 6.07 Å². The summed E-state index contributed by atoms with van der Waals surface area (Å²) in [5.74, 6) is 0. The van der Waals surface area contributed by atoms with E-state index in [4.69, 9.17) is 10.00 Å². The van der Waals surface area contributed by atoms with Crippen LogP contribution in [-0.2, 0) is 4.74 Å². The number of hydrogen-bond donors (Lipinski definition) is 0. The van der Waals surface area contributed by atoms with Crippen LogP contribution in [0.2, 0.25) is 0 Å². The zero-order chi connectivity index (χ0) is 12.8. The molecule has 92 valence electrons. The third-order valence-electron chi connectivity index (χ3n) is 2.17. The summed E-state index contributed by atoms with van der Waals surface area (Å²) in [6, 6.07) is 2.13. The molecule has 1 atom stereocenters. The fraction of sp³-hybridized carbons (Fsp3) is 0.833. The predicted molar refractivity (Wildman–Crippen MR) is 62.9 cm³/mol. The van der Waals surface area contributed by atoms with Crippen molar-refractivity contribution in [1.82, 2.24) is 4.90 Å². The molecule has 0 rings (SSSR count).